The van der Waals surface area contributed by atoms with E-state index in [1.165, 1.54) is 26.4 Å². The van der Waals surface area contributed by atoms with E-state index in [0.29, 0.717) is 12.6 Å². The molecule has 1 rings (SSSR count). The van der Waals surface area contributed by atoms with Crippen LogP contribution in [0, 0.1) is 5.92 Å². The van der Waals surface area contributed by atoms with E-state index in [4.69, 9.17) is 0 Å². The van der Waals surface area contributed by atoms with Crippen LogP contribution in [-0.4, -0.2) is 25.7 Å². The van der Waals surface area contributed by atoms with Gasteiger partial charge in [0.05, 0.1) is 13.7 Å². The van der Waals surface area contributed by atoms with Crippen molar-refractivity contribution in [3.63, 3.8) is 0 Å². The number of rotatable bonds is 3. The number of esters is 1. The SMILES string of the molecule is COC(=O)CNC1CCC(C)C1. The number of carbonyl (C=O) groups excluding carboxylic acids is 1. The molecule has 12 heavy (non-hydrogen) atoms. The molecule has 70 valence electrons. The first-order valence-corrected chi connectivity index (χ1v) is 4.52. The molecule has 1 aliphatic carbocycles. The van der Waals surface area contributed by atoms with Crippen LogP contribution in [0.4, 0.5) is 0 Å². The van der Waals surface area contributed by atoms with Gasteiger partial charge in [-0.25, -0.2) is 0 Å². The van der Waals surface area contributed by atoms with Crippen LogP contribution in [0.15, 0.2) is 0 Å². The minimum absolute atomic E-state index is 0.172. The Bertz CT molecular complexity index is 159. The predicted octanol–water partition coefficient (Wildman–Crippen LogP) is 0.938. The Balaban J connectivity index is 2.11. The summed E-state index contributed by atoms with van der Waals surface area (Å²) in [5.74, 6) is 0.634. The summed E-state index contributed by atoms with van der Waals surface area (Å²) in [6, 6.07) is 0.527. The summed E-state index contributed by atoms with van der Waals surface area (Å²) in [5, 5.41) is 3.19. The molecule has 2 atom stereocenters. The van der Waals surface area contributed by atoms with E-state index >= 15 is 0 Å². The van der Waals surface area contributed by atoms with E-state index in [9.17, 15) is 4.79 Å². The molecule has 1 N–H and O–H groups in total. The second kappa shape index (κ2) is 4.45. The van der Waals surface area contributed by atoms with Gasteiger partial charge in [-0.2, -0.15) is 0 Å². The van der Waals surface area contributed by atoms with Crippen molar-refractivity contribution in [2.24, 2.45) is 5.92 Å². The van der Waals surface area contributed by atoms with Gasteiger partial charge in [-0.1, -0.05) is 6.92 Å². The standard InChI is InChI=1S/C9H17NO2/c1-7-3-4-8(5-7)10-6-9(11)12-2/h7-8,10H,3-6H2,1-2H3. The summed E-state index contributed by atoms with van der Waals surface area (Å²) < 4.78 is 4.54. The van der Waals surface area contributed by atoms with Crippen molar-refractivity contribution in [1.82, 2.24) is 5.32 Å². The van der Waals surface area contributed by atoms with E-state index in [-0.39, 0.29) is 5.97 Å². The molecule has 0 amide bonds. The third kappa shape index (κ3) is 2.81. The molecule has 0 radical (unpaired) electrons. The Morgan fingerprint density at radius 3 is 2.83 bits per heavy atom. The maximum Gasteiger partial charge on any atom is 0.319 e. The molecule has 0 spiro atoms. The fourth-order valence-electron chi connectivity index (χ4n) is 1.69. The highest BCUT2D eigenvalue weighted by Gasteiger charge is 2.21. The summed E-state index contributed by atoms with van der Waals surface area (Å²) >= 11 is 0. The van der Waals surface area contributed by atoms with Gasteiger partial charge in [0.25, 0.3) is 0 Å². The van der Waals surface area contributed by atoms with Crippen molar-refractivity contribution in [3.8, 4) is 0 Å². The largest absolute Gasteiger partial charge is 0.468 e. The van der Waals surface area contributed by atoms with Gasteiger partial charge >= 0.3 is 5.97 Å². The maximum atomic E-state index is 10.8. The lowest BCUT2D eigenvalue weighted by Gasteiger charge is -2.10. The number of hydrogen-bond acceptors (Lipinski definition) is 3. The normalized spacial score (nSPS) is 28.8. The first-order valence-electron chi connectivity index (χ1n) is 4.52. The number of methoxy groups -OCH3 is 1. The second-order valence-electron chi connectivity index (χ2n) is 3.57. The Labute approximate surface area is 73.5 Å². The van der Waals surface area contributed by atoms with Crippen LogP contribution >= 0.6 is 0 Å². The summed E-state index contributed by atoms with van der Waals surface area (Å²) in [4.78, 5) is 10.8. The summed E-state index contributed by atoms with van der Waals surface area (Å²) in [6.07, 6.45) is 3.66. The van der Waals surface area contributed by atoms with Crippen LogP contribution in [-0.2, 0) is 9.53 Å². The van der Waals surface area contributed by atoms with Gasteiger partial charge in [0.1, 0.15) is 0 Å². The number of carbonyl (C=O) groups is 1. The highest BCUT2D eigenvalue weighted by Crippen LogP contribution is 2.24. The van der Waals surface area contributed by atoms with Crippen LogP contribution in [0.1, 0.15) is 26.2 Å². The molecule has 0 aromatic rings. The van der Waals surface area contributed by atoms with Crippen LogP contribution < -0.4 is 5.32 Å². The lowest BCUT2D eigenvalue weighted by molar-refractivity contribution is -0.139. The average Bonchev–Trinajstić information content (AvgIpc) is 2.47. The molecule has 0 heterocycles. The van der Waals surface area contributed by atoms with Crippen molar-refractivity contribution < 1.29 is 9.53 Å². The lowest BCUT2D eigenvalue weighted by atomic mass is 10.1. The van der Waals surface area contributed by atoms with Crippen molar-refractivity contribution in [2.75, 3.05) is 13.7 Å². The molecule has 0 saturated heterocycles. The molecule has 3 nitrogen and oxygen atoms in total. The molecule has 0 aliphatic heterocycles. The fourth-order valence-corrected chi connectivity index (χ4v) is 1.69. The van der Waals surface area contributed by atoms with Gasteiger partial charge in [0.2, 0.25) is 0 Å². The van der Waals surface area contributed by atoms with Gasteiger partial charge in [-0.3, -0.25) is 4.79 Å². The summed E-state index contributed by atoms with van der Waals surface area (Å²) in [5.41, 5.74) is 0. The minimum atomic E-state index is -0.172. The highest BCUT2D eigenvalue weighted by atomic mass is 16.5. The van der Waals surface area contributed by atoms with Crippen LogP contribution in [0.5, 0.6) is 0 Å². The van der Waals surface area contributed by atoms with Gasteiger partial charge in [-0.15, -0.1) is 0 Å². The van der Waals surface area contributed by atoms with Crippen molar-refractivity contribution in [1.29, 1.82) is 0 Å². The lowest BCUT2D eigenvalue weighted by Crippen LogP contribution is -2.32. The molecule has 3 heteroatoms. The molecular formula is C9H17NO2. The van der Waals surface area contributed by atoms with Crippen molar-refractivity contribution >= 4 is 5.97 Å². The molecule has 0 aromatic heterocycles. The fraction of sp³-hybridized carbons (Fsp3) is 0.889. The monoisotopic (exact) mass is 171 g/mol. The van der Waals surface area contributed by atoms with Crippen LogP contribution in [0.2, 0.25) is 0 Å². The zero-order valence-electron chi connectivity index (χ0n) is 7.80. The number of ether oxygens (including phenoxy) is 1. The maximum absolute atomic E-state index is 10.8. The molecule has 1 aliphatic rings. The Morgan fingerprint density at radius 2 is 2.33 bits per heavy atom. The average molecular weight is 171 g/mol. The Kier molecular flexibility index (Phi) is 3.53. The molecular weight excluding hydrogens is 154 g/mol. The van der Waals surface area contributed by atoms with E-state index in [1.807, 2.05) is 0 Å². The first kappa shape index (κ1) is 9.52. The Morgan fingerprint density at radius 1 is 1.58 bits per heavy atom. The third-order valence-electron chi connectivity index (χ3n) is 2.46. The zero-order chi connectivity index (χ0) is 8.97. The van der Waals surface area contributed by atoms with Gasteiger partial charge in [-0.05, 0) is 25.2 Å². The topological polar surface area (TPSA) is 38.3 Å². The summed E-state index contributed by atoms with van der Waals surface area (Å²) in [7, 11) is 1.42. The second-order valence-corrected chi connectivity index (χ2v) is 3.57. The molecule has 0 bridgehead atoms. The first-order chi connectivity index (χ1) is 5.72. The minimum Gasteiger partial charge on any atom is -0.468 e. The van der Waals surface area contributed by atoms with Crippen molar-refractivity contribution in [2.45, 2.75) is 32.2 Å². The molecule has 1 fully saturated rings. The van der Waals surface area contributed by atoms with E-state index < -0.39 is 0 Å². The van der Waals surface area contributed by atoms with E-state index in [0.717, 1.165) is 5.92 Å². The van der Waals surface area contributed by atoms with Gasteiger partial charge < -0.3 is 10.1 Å². The highest BCUT2D eigenvalue weighted by molar-refractivity contribution is 5.71. The molecule has 0 aromatic carbocycles. The quantitative estimate of drug-likeness (QED) is 0.642. The van der Waals surface area contributed by atoms with E-state index in [2.05, 4.69) is 17.0 Å². The van der Waals surface area contributed by atoms with Gasteiger partial charge in [0, 0.05) is 6.04 Å². The predicted molar refractivity (Wildman–Crippen MR) is 46.8 cm³/mol. The number of nitrogens with one attached hydrogen (secondary N) is 1. The Hall–Kier alpha value is -0.570. The number of hydrogen-bond donors (Lipinski definition) is 1. The van der Waals surface area contributed by atoms with Gasteiger partial charge in [0.15, 0.2) is 0 Å². The zero-order valence-corrected chi connectivity index (χ0v) is 7.80. The van der Waals surface area contributed by atoms with Crippen LogP contribution in [0.3, 0.4) is 0 Å². The van der Waals surface area contributed by atoms with E-state index in [1.54, 1.807) is 0 Å². The van der Waals surface area contributed by atoms with Crippen LogP contribution in [0.25, 0.3) is 0 Å². The molecule has 2 unspecified atom stereocenters. The summed E-state index contributed by atoms with van der Waals surface area (Å²) in [6.45, 7) is 2.60. The van der Waals surface area contributed by atoms with Crippen molar-refractivity contribution in [3.05, 3.63) is 0 Å². The smallest absolute Gasteiger partial charge is 0.319 e. The third-order valence-corrected chi connectivity index (χ3v) is 2.46. The molecule has 1 saturated carbocycles.